The minimum Gasteiger partial charge on any atom is -0.330 e. The summed E-state index contributed by atoms with van der Waals surface area (Å²) in [6.45, 7) is 3.96. The van der Waals surface area contributed by atoms with Crippen molar-refractivity contribution in [2.24, 2.45) is 11.7 Å². The van der Waals surface area contributed by atoms with E-state index in [2.05, 4.69) is 47.3 Å². The summed E-state index contributed by atoms with van der Waals surface area (Å²) in [5.74, 6) is 0.613. The van der Waals surface area contributed by atoms with Crippen LogP contribution in [0.4, 0.5) is 0 Å². The van der Waals surface area contributed by atoms with E-state index in [4.69, 9.17) is 5.73 Å². The molecule has 0 bridgehead atoms. The maximum Gasteiger partial charge on any atom is 0.0926 e. The predicted molar refractivity (Wildman–Crippen MR) is 73.4 cm³/mol. The van der Waals surface area contributed by atoms with Crippen molar-refractivity contribution in [2.75, 3.05) is 20.1 Å². The van der Waals surface area contributed by atoms with Crippen LogP contribution in [0.25, 0.3) is 10.9 Å². The first-order valence-corrected chi connectivity index (χ1v) is 6.54. The lowest BCUT2D eigenvalue weighted by atomic mass is 9.96. The number of H-pyrrole nitrogens is 1. The molecule has 2 unspecified atom stereocenters. The van der Waals surface area contributed by atoms with Crippen molar-refractivity contribution in [3.8, 4) is 0 Å². The van der Waals surface area contributed by atoms with Gasteiger partial charge in [-0.3, -0.25) is 10.00 Å². The van der Waals surface area contributed by atoms with Gasteiger partial charge in [0.05, 0.1) is 5.52 Å². The Bertz CT molecular complexity index is 560. The molecule has 0 radical (unpaired) electrons. The maximum atomic E-state index is 5.81. The van der Waals surface area contributed by atoms with Gasteiger partial charge in [-0.25, -0.2) is 0 Å². The highest BCUT2D eigenvalue weighted by Crippen LogP contribution is 2.37. The molecule has 4 heteroatoms. The quantitative estimate of drug-likeness (QED) is 0.847. The number of aromatic amines is 1. The SMILES string of the molecule is Cc1[nH]nc2cccc(C3CC(CN)CN3C)c12. The lowest BCUT2D eigenvalue weighted by Gasteiger charge is -2.20. The maximum absolute atomic E-state index is 5.81. The van der Waals surface area contributed by atoms with Crippen LogP contribution in [0.5, 0.6) is 0 Å². The molecule has 1 aliphatic rings. The van der Waals surface area contributed by atoms with E-state index in [1.165, 1.54) is 10.9 Å². The van der Waals surface area contributed by atoms with Gasteiger partial charge in [0.1, 0.15) is 0 Å². The highest BCUT2D eigenvalue weighted by Gasteiger charge is 2.31. The lowest BCUT2D eigenvalue weighted by molar-refractivity contribution is 0.315. The number of nitrogens with two attached hydrogens (primary N) is 1. The third kappa shape index (κ3) is 1.72. The van der Waals surface area contributed by atoms with Crippen LogP contribution in [0.2, 0.25) is 0 Å². The van der Waals surface area contributed by atoms with Crippen molar-refractivity contribution in [1.29, 1.82) is 0 Å². The third-order valence-corrected chi connectivity index (χ3v) is 4.12. The summed E-state index contributed by atoms with van der Waals surface area (Å²) < 4.78 is 0. The van der Waals surface area contributed by atoms with Crippen molar-refractivity contribution in [1.82, 2.24) is 15.1 Å². The molecule has 4 nitrogen and oxygen atoms in total. The second kappa shape index (κ2) is 4.37. The Hall–Kier alpha value is -1.39. The molecule has 0 saturated carbocycles. The van der Waals surface area contributed by atoms with Gasteiger partial charge in [0.25, 0.3) is 0 Å². The number of aromatic nitrogens is 2. The summed E-state index contributed by atoms with van der Waals surface area (Å²) >= 11 is 0. The summed E-state index contributed by atoms with van der Waals surface area (Å²) in [4.78, 5) is 2.42. The topological polar surface area (TPSA) is 57.9 Å². The molecule has 2 heterocycles. The highest BCUT2D eigenvalue weighted by molar-refractivity contribution is 5.85. The van der Waals surface area contributed by atoms with Crippen LogP contribution in [0.15, 0.2) is 18.2 Å². The number of fused-ring (bicyclic) bond motifs is 1. The van der Waals surface area contributed by atoms with E-state index in [0.717, 1.165) is 30.7 Å². The second-order valence-electron chi connectivity index (χ2n) is 5.38. The monoisotopic (exact) mass is 244 g/mol. The lowest BCUT2D eigenvalue weighted by Crippen LogP contribution is -2.20. The summed E-state index contributed by atoms with van der Waals surface area (Å²) in [5, 5.41) is 8.72. The first-order valence-electron chi connectivity index (χ1n) is 6.54. The van der Waals surface area contributed by atoms with Crippen LogP contribution in [-0.2, 0) is 0 Å². The number of hydrogen-bond donors (Lipinski definition) is 2. The first-order chi connectivity index (χ1) is 8.70. The third-order valence-electron chi connectivity index (χ3n) is 4.12. The second-order valence-corrected chi connectivity index (χ2v) is 5.38. The van der Waals surface area contributed by atoms with Gasteiger partial charge < -0.3 is 5.73 Å². The molecule has 2 atom stereocenters. The average Bonchev–Trinajstić information content (AvgIpc) is 2.93. The number of aryl methyl sites for hydroxylation is 1. The van der Waals surface area contributed by atoms with E-state index in [1.54, 1.807) is 0 Å². The zero-order chi connectivity index (χ0) is 12.7. The number of rotatable bonds is 2. The molecule has 2 aromatic rings. The van der Waals surface area contributed by atoms with Crippen molar-refractivity contribution < 1.29 is 0 Å². The Morgan fingerprint density at radius 2 is 2.33 bits per heavy atom. The van der Waals surface area contributed by atoms with E-state index in [0.29, 0.717) is 12.0 Å². The number of nitrogens with zero attached hydrogens (tertiary/aromatic N) is 2. The van der Waals surface area contributed by atoms with Crippen molar-refractivity contribution in [3.05, 3.63) is 29.5 Å². The zero-order valence-electron chi connectivity index (χ0n) is 11.0. The van der Waals surface area contributed by atoms with Crippen LogP contribution in [0.3, 0.4) is 0 Å². The largest absolute Gasteiger partial charge is 0.330 e. The molecular formula is C14H20N4. The fourth-order valence-corrected chi connectivity index (χ4v) is 3.18. The van der Waals surface area contributed by atoms with E-state index in [1.807, 2.05) is 0 Å². The zero-order valence-corrected chi connectivity index (χ0v) is 11.0. The minimum atomic E-state index is 0.471. The number of likely N-dealkylation sites (tertiary alicyclic amines) is 1. The van der Waals surface area contributed by atoms with Crippen LogP contribution < -0.4 is 5.73 Å². The van der Waals surface area contributed by atoms with Crippen LogP contribution in [0.1, 0.15) is 23.7 Å². The van der Waals surface area contributed by atoms with Gasteiger partial charge in [0, 0.05) is 23.7 Å². The van der Waals surface area contributed by atoms with Crippen LogP contribution in [-0.4, -0.2) is 35.2 Å². The fourth-order valence-electron chi connectivity index (χ4n) is 3.18. The summed E-state index contributed by atoms with van der Waals surface area (Å²) in [6.07, 6.45) is 1.15. The fraction of sp³-hybridized carbons (Fsp3) is 0.500. The average molecular weight is 244 g/mol. The molecule has 3 rings (SSSR count). The standard InChI is InChI=1S/C14H20N4/c1-9-14-11(4-3-5-12(14)17-16-9)13-6-10(7-15)8-18(13)2/h3-5,10,13H,6-8,15H2,1-2H3,(H,16,17). The molecule has 0 amide bonds. The summed E-state index contributed by atoms with van der Waals surface area (Å²) in [5.41, 5.74) is 9.42. The van der Waals surface area contributed by atoms with Crippen molar-refractivity contribution in [3.63, 3.8) is 0 Å². The summed E-state index contributed by atoms with van der Waals surface area (Å²) in [6, 6.07) is 6.86. The Morgan fingerprint density at radius 1 is 1.50 bits per heavy atom. The number of nitrogens with one attached hydrogen (secondary N) is 1. The van der Waals surface area contributed by atoms with E-state index in [9.17, 15) is 0 Å². The molecule has 3 N–H and O–H groups in total. The first kappa shape index (κ1) is 11.7. The van der Waals surface area contributed by atoms with Crippen LogP contribution >= 0.6 is 0 Å². The van der Waals surface area contributed by atoms with E-state index in [-0.39, 0.29) is 0 Å². The molecule has 1 fully saturated rings. The molecule has 1 saturated heterocycles. The Balaban J connectivity index is 2.06. The molecule has 1 aliphatic heterocycles. The van der Waals surface area contributed by atoms with Gasteiger partial charge >= 0.3 is 0 Å². The Kier molecular flexibility index (Phi) is 2.84. The highest BCUT2D eigenvalue weighted by atomic mass is 15.2. The van der Waals surface area contributed by atoms with E-state index < -0.39 is 0 Å². The Morgan fingerprint density at radius 3 is 3.06 bits per heavy atom. The van der Waals surface area contributed by atoms with E-state index >= 15 is 0 Å². The molecule has 1 aromatic heterocycles. The van der Waals surface area contributed by atoms with Gasteiger partial charge in [-0.05, 0) is 44.5 Å². The predicted octanol–water partition coefficient (Wildman–Crippen LogP) is 1.82. The molecule has 1 aromatic carbocycles. The van der Waals surface area contributed by atoms with Crippen LogP contribution in [0, 0.1) is 12.8 Å². The Labute approximate surface area is 107 Å². The van der Waals surface area contributed by atoms with Gasteiger partial charge in [0.2, 0.25) is 0 Å². The molecule has 0 aliphatic carbocycles. The van der Waals surface area contributed by atoms with Gasteiger partial charge in [-0.1, -0.05) is 12.1 Å². The number of benzene rings is 1. The normalized spacial score (nSPS) is 25.1. The molecule has 0 spiro atoms. The molecular weight excluding hydrogens is 224 g/mol. The van der Waals surface area contributed by atoms with Crippen molar-refractivity contribution >= 4 is 10.9 Å². The van der Waals surface area contributed by atoms with Crippen molar-refractivity contribution in [2.45, 2.75) is 19.4 Å². The summed E-state index contributed by atoms with van der Waals surface area (Å²) in [7, 11) is 2.19. The minimum absolute atomic E-state index is 0.471. The number of hydrogen-bond acceptors (Lipinski definition) is 3. The van der Waals surface area contributed by atoms with Gasteiger partial charge in [-0.2, -0.15) is 5.10 Å². The van der Waals surface area contributed by atoms with Gasteiger partial charge in [0.15, 0.2) is 0 Å². The van der Waals surface area contributed by atoms with Gasteiger partial charge in [-0.15, -0.1) is 0 Å². The smallest absolute Gasteiger partial charge is 0.0926 e. The molecule has 96 valence electrons. The molecule has 18 heavy (non-hydrogen) atoms.